The first-order chi connectivity index (χ1) is 10.2. The molecular formula is C15H16BrFN4. The van der Waals surface area contributed by atoms with Crippen molar-refractivity contribution in [3.63, 3.8) is 0 Å². The molecule has 2 heterocycles. The van der Waals surface area contributed by atoms with Crippen LogP contribution in [0.5, 0.6) is 0 Å². The molecule has 2 aromatic rings. The summed E-state index contributed by atoms with van der Waals surface area (Å²) in [5.74, 6) is 0.579. The van der Waals surface area contributed by atoms with Crippen molar-refractivity contribution in [2.24, 2.45) is 0 Å². The van der Waals surface area contributed by atoms with E-state index in [9.17, 15) is 4.39 Å². The highest BCUT2D eigenvalue weighted by Crippen LogP contribution is 2.18. The van der Waals surface area contributed by atoms with Crippen molar-refractivity contribution < 1.29 is 4.39 Å². The van der Waals surface area contributed by atoms with Crippen molar-refractivity contribution in [2.75, 3.05) is 31.1 Å². The van der Waals surface area contributed by atoms with Gasteiger partial charge in [-0.3, -0.25) is 4.90 Å². The third kappa shape index (κ3) is 3.57. The van der Waals surface area contributed by atoms with Crippen LogP contribution >= 0.6 is 15.9 Å². The minimum Gasteiger partial charge on any atom is -0.338 e. The van der Waals surface area contributed by atoms with E-state index in [2.05, 4.69) is 35.7 Å². The van der Waals surface area contributed by atoms with E-state index in [4.69, 9.17) is 0 Å². The van der Waals surface area contributed by atoms with Gasteiger partial charge in [-0.05, 0) is 39.7 Å². The van der Waals surface area contributed by atoms with Crippen LogP contribution in [0.15, 0.2) is 41.1 Å². The Morgan fingerprint density at radius 1 is 1.10 bits per heavy atom. The maximum Gasteiger partial charge on any atom is 0.225 e. The van der Waals surface area contributed by atoms with Gasteiger partial charge in [0, 0.05) is 45.1 Å². The molecule has 0 radical (unpaired) electrons. The van der Waals surface area contributed by atoms with E-state index in [1.807, 2.05) is 12.1 Å². The van der Waals surface area contributed by atoms with Crippen molar-refractivity contribution in [3.05, 3.63) is 52.5 Å². The number of rotatable bonds is 3. The van der Waals surface area contributed by atoms with Crippen LogP contribution in [0.4, 0.5) is 10.3 Å². The predicted molar refractivity (Wildman–Crippen MR) is 83.6 cm³/mol. The van der Waals surface area contributed by atoms with Crippen molar-refractivity contribution in [1.29, 1.82) is 0 Å². The average Bonchev–Trinajstić information content (AvgIpc) is 2.53. The van der Waals surface area contributed by atoms with Gasteiger partial charge in [0.25, 0.3) is 0 Å². The standard InChI is InChI=1S/C15H16BrFN4/c16-13-3-2-12(10-14(13)17)11-20-6-8-21(9-7-20)15-18-4-1-5-19-15/h1-5,10H,6-9,11H2. The number of aromatic nitrogens is 2. The number of anilines is 1. The second-order valence-corrected chi connectivity index (χ2v) is 5.91. The van der Waals surface area contributed by atoms with E-state index in [0.29, 0.717) is 4.47 Å². The van der Waals surface area contributed by atoms with Crippen LogP contribution in [0.3, 0.4) is 0 Å². The van der Waals surface area contributed by atoms with Gasteiger partial charge in [0.1, 0.15) is 5.82 Å². The fourth-order valence-electron chi connectivity index (χ4n) is 2.46. The SMILES string of the molecule is Fc1cc(CN2CCN(c3ncccn3)CC2)ccc1Br. The Morgan fingerprint density at radius 3 is 2.48 bits per heavy atom. The van der Waals surface area contributed by atoms with Gasteiger partial charge in [-0.15, -0.1) is 0 Å². The maximum absolute atomic E-state index is 13.5. The fraction of sp³-hybridized carbons (Fsp3) is 0.333. The van der Waals surface area contributed by atoms with Gasteiger partial charge in [-0.2, -0.15) is 0 Å². The highest BCUT2D eigenvalue weighted by molar-refractivity contribution is 9.10. The Morgan fingerprint density at radius 2 is 1.81 bits per heavy atom. The van der Waals surface area contributed by atoms with E-state index >= 15 is 0 Å². The molecule has 110 valence electrons. The van der Waals surface area contributed by atoms with Gasteiger partial charge < -0.3 is 4.90 Å². The van der Waals surface area contributed by atoms with Crippen LogP contribution in [-0.4, -0.2) is 41.0 Å². The summed E-state index contributed by atoms with van der Waals surface area (Å²) in [6.07, 6.45) is 3.53. The molecule has 0 unspecified atom stereocenters. The molecule has 0 N–H and O–H groups in total. The Hall–Kier alpha value is -1.53. The molecule has 1 aliphatic rings. The predicted octanol–water partition coefficient (Wildman–Crippen LogP) is 2.70. The van der Waals surface area contributed by atoms with Crippen LogP contribution in [0, 0.1) is 5.82 Å². The smallest absolute Gasteiger partial charge is 0.225 e. The molecule has 4 nitrogen and oxygen atoms in total. The summed E-state index contributed by atoms with van der Waals surface area (Å²) >= 11 is 3.18. The summed E-state index contributed by atoms with van der Waals surface area (Å²) in [5.41, 5.74) is 1.00. The summed E-state index contributed by atoms with van der Waals surface area (Å²) in [6.45, 7) is 4.41. The van der Waals surface area contributed by atoms with Crippen molar-refractivity contribution in [1.82, 2.24) is 14.9 Å². The second kappa shape index (κ2) is 6.49. The first kappa shape index (κ1) is 14.4. The van der Waals surface area contributed by atoms with Crippen LogP contribution in [0.1, 0.15) is 5.56 Å². The molecular weight excluding hydrogens is 335 g/mol. The molecule has 0 aliphatic carbocycles. The van der Waals surface area contributed by atoms with Crippen molar-refractivity contribution in [2.45, 2.75) is 6.54 Å². The number of nitrogens with zero attached hydrogens (tertiary/aromatic N) is 4. The van der Waals surface area contributed by atoms with Gasteiger partial charge in [0.15, 0.2) is 0 Å². The molecule has 1 fully saturated rings. The molecule has 1 saturated heterocycles. The fourth-order valence-corrected chi connectivity index (χ4v) is 2.70. The minimum atomic E-state index is -0.205. The number of hydrogen-bond donors (Lipinski definition) is 0. The second-order valence-electron chi connectivity index (χ2n) is 5.06. The normalized spacial score (nSPS) is 16.2. The molecule has 6 heteroatoms. The molecule has 21 heavy (non-hydrogen) atoms. The largest absolute Gasteiger partial charge is 0.338 e. The van der Waals surface area contributed by atoms with E-state index < -0.39 is 0 Å². The van der Waals surface area contributed by atoms with Crippen molar-refractivity contribution >= 4 is 21.9 Å². The lowest BCUT2D eigenvalue weighted by molar-refractivity contribution is 0.248. The molecule has 0 bridgehead atoms. The van der Waals surface area contributed by atoms with Gasteiger partial charge >= 0.3 is 0 Å². The van der Waals surface area contributed by atoms with Crippen LogP contribution in [0.25, 0.3) is 0 Å². The number of piperazine rings is 1. The van der Waals surface area contributed by atoms with E-state index in [1.54, 1.807) is 24.5 Å². The number of hydrogen-bond acceptors (Lipinski definition) is 4. The summed E-state index contributed by atoms with van der Waals surface area (Å²) < 4.78 is 14.0. The molecule has 3 rings (SSSR count). The summed E-state index contributed by atoms with van der Waals surface area (Å²) in [7, 11) is 0. The Labute approximate surface area is 131 Å². The topological polar surface area (TPSA) is 32.3 Å². The lowest BCUT2D eigenvalue weighted by Crippen LogP contribution is -2.46. The third-order valence-corrected chi connectivity index (χ3v) is 4.24. The van der Waals surface area contributed by atoms with Crippen molar-refractivity contribution in [3.8, 4) is 0 Å². The van der Waals surface area contributed by atoms with Gasteiger partial charge in [0.05, 0.1) is 4.47 Å². The van der Waals surface area contributed by atoms with E-state index in [-0.39, 0.29) is 5.82 Å². The first-order valence-electron chi connectivity index (χ1n) is 6.90. The molecule has 0 atom stereocenters. The molecule has 0 saturated carbocycles. The number of halogens is 2. The average molecular weight is 351 g/mol. The zero-order valence-corrected chi connectivity index (χ0v) is 13.1. The summed E-state index contributed by atoms with van der Waals surface area (Å²) in [5, 5.41) is 0. The Balaban J connectivity index is 1.57. The molecule has 1 aromatic heterocycles. The number of benzene rings is 1. The molecule has 0 spiro atoms. The van der Waals surface area contributed by atoms with Gasteiger partial charge in [-0.1, -0.05) is 6.07 Å². The lowest BCUT2D eigenvalue weighted by Gasteiger charge is -2.34. The van der Waals surface area contributed by atoms with E-state index in [1.165, 1.54) is 0 Å². The zero-order chi connectivity index (χ0) is 14.7. The monoisotopic (exact) mass is 350 g/mol. The van der Waals surface area contributed by atoms with Gasteiger partial charge in [-0.25, -0.2) is 14.4 Å². The lowest BCUT2D eigenvalue weighted by atomic mass is 10.2. The Kier molecular flexibility index (Phi) is 4.45. The zero-order valence-electron chi connectivity index (χ0n) is 11.5. The van der Waals surface area contributed by atoms with Crippen LogP contribution < -0.4 is 4.90 Å². The van der Waals surface area contributed by atoms with Gasteiger partial charge in [0.2, 0.25) is 5.95 Å². The molecule has 1 aromatic carbocycles. The van der Waals surface area contributed by atoms with Crippen LogP contribution in [-0.2, 0) is 6.54 Å². The minimum absolute atomic E-state index is 0.205. The first-order valence-corrected chi connectivity index (χ1v) is 7.70. The highest BCUT2D eigenvalue weighted by Gasteiger charge is 2.18. The maximum atomic E-state index is 13.5. The molecule has 1 aliphatic heterocycles. The summed E-state index contributed by atoms with van der Waals surface area (Å²) in [4.78, 5) is 13.0. The van der Waals surface area contributed by atoms with Crippen LogP contribution in [0.2, 0.25) is 0 Å². The summed E-state index contributed by atoms with van der Waals surface area (Å²) in [6, 6.07) is 7.14. The Bertz CT molecular complexity index is 600. The molecule has 0 amide bonds. The quantitative estimate of drug-likeness (QED) is 0.851. The third-order valence-electron chi connectivity index (χ3n) is 3.60. The van der Waals surface area contributed by atoms with E-state index in [0.717, 1.165) is 44.2 Å². The highest BCUT2D eigenvalue weighted by atomic mass is 79.9.